The fraction of sp³-hybridized carbons (Fsp3) is 0.714. The van der Waals surface area contributed by atoms with Crippen LogP contribution in [0.5, 0.6) is 0 Å². The van der Waals surface area contributed by atoms with E-state index in [0.29, 0.717) is 12.3 Å². The van der Waals surface area contributed by atoms with Gasteiger partial charge in [-0.15, -0.1) is 10.2 Å². The summed E-state index contributed by atoms with van der Waals surface area (Å²) in [5.41, 5.74) is 0. The zero-order valence-corrected chi connectivity index (χ0v) is 10.5. The van der Waals surface area contributed by atoms with Crippen molar-refractivity contribution in [3.05, 3.63) is 0 Å². The molecule has 0 aliphatic heterocycles. The van der Waals surface area contributed by atoms with E-state index in [1.165, 1.54) is 0 Å². The van der Waals surface area contributed by atoms with E-state index >= 15 is 0 Å². The van der Waals surface area contributed by atoms with Gasteiger partial charge in [0, 0.05) is 12.3 Å². The monoisotopic (exact) mass is 251 g/mol. The minimum Gasteiger partial charge on any atom is -0.391 e. The molecule has 0 bridgehead atoms. The molecule has 0 amide bonds. The Morgan fingerprint density at radius 3 is 2.79 bits per heavy atom. The van der Waals surface area contributed by atoms with Gasteiger partial charge in [0.05, 0.1) is 6.10 Å². The zero-order valence-electron chi connectivity index (χ0n) is 8.06. The second-order valence-electron chi connectivity index (χ2n) is 2.56. The molecule has 0 fully saturated rings. The average Bonchev–Trinajstić information content (AvgIpc) is 2.63. The van der Waals surface area contributed by atoms with E-state index in [-0.39, 0.29) is 6.10 Å². The number of likely N-dealkylation sites (N-methyl/N-ethyl adjacent to an activating group) is 1. The summed E-state index contributed by atoms with van der Waals surface area (Å²) in [6.45, 7) is 0.612. The maximum atomic E-state index is 9.44. The van der Waals surface area contributed by atoms with Crippen molar-refractivity contribution in [1.82, 2.24) is 15.5 Å². The Morgan fingerprint density at radius 1 is 1.50 bits per heavy atom. The Kier molecular flexibility index (Phi) is 5.80. The Balaban J connectivity index is 2.30. The highest BCUT2D eigenvalue weighted by Gasteiger charge is 2.07. The summed E-state index contributed by atoms with van der Waals surface area (Å²) >= 11 is 4.70. The molecule has 1 aromatic rings. The van der Waals surface area contributed by atoms with Gasteiger partial charge in [-0.25, -0.2) is 0 Å². The van der Waals surface area contributed by atoms with Crippen LogP contribution in [0.3, 0.4) is 0 Å². The van der Waals surface area contributed by atoms with Gasteiger partial charge in [-0.2, -0.15) is 0 Å². The molecule has 0 saturated carbocycles. The molecule has 1 atom stereocenters. The van der Waals surface area contributed by atoms with Gasteiger partial charge in [-0.1, -0.05) is 34.9 Å². The summed E-state index contributed by atoms with van der Waals surface area (Å²) in [5, 5.41) is 20.3. The van der Waals surface area contributed by atoms with Gasteiger partial charge < -0.3 is 10.4 Å². The predicted octanol–water partition coefficient (Wildman–Crippen LogP) is 0.932. The van der Waals surface area contributed by atoms with Crippen molar-refractivity contribution < 1.29 is 5.11 Å². The zero-order chi connectivity index (χ0) is 10.4. The van der Waals surface area contributed by atoms with E-state index < -0.39 is 0 Å². The van der Waals surface area contributed by atoms with E-state index in [0.717, 1.165) is 8.68 Å². The van der Waals surface area contributed by atoms with E-state index in [1.807, 2.05) is 13.3 Å². The van der Waals surface area contributed by atoms with E-state index in [9.17, 15) is 5.11 Å². The molecule has 4 nitrogen and oxygen atoms in total. The molecule has 1 rings (SSSR count). The number of hydrogen-bond acceptors (Lipinski definition) is 7. The predicted molar refractivity (Wildman–Crippen MR) is 62.3 cm³/mol. The van der Waals surface area contributed by atoms with Crippen LogP contribution in [-0.4, -0.2) is 47.0 Å². The van der Waals surface area contributed by atoms with Crippen molar-refractivity contribution in [1.29, 1.82) is 0 Å². The fourth-order valence-electron chi connectivity index (χ4n) is 0.800. The van der Waals surface area contributed by atoms with Crippen molar-refractivity contribution >= 4 is 34.9 Å². The van der Waals surface area contributed by atoms with Gasteiger partial charge in [0.25, 0.3) is 0 Å². The first-order valence-electron chi connectivity index (χ1n) is 4.09. The second-order valence-corrected chi connectivity index (χ2v) is 5.86. The van der Waals surface area contributed by atoms with E-state index in [2.05, 4.69) is 15.5 Å². The first-order valence-corrected chi connectivity index (χ1v) is 7.12. The summed E-state index contributed by atoms with van der Waals surface area (Å²) in [7, 11) is 1.82. The smallest absolute Gasteiger partial charge is 0.175 e. The quantitative estimate of drug-likeness (QED) is 0.734. The molecule has 2 N–H and O–H groups in total. The van der Waals surface area contributed by atoms with Crippen LogP contribution in [0, 0.1) is 0 Å². The standard InChI is InChI=1S/C7H13N3OS3/c1-8-3-5(11)4-13-7-10-9-6(12-2)14-7/h5,8,11H,3-4H2,1-2H3. The molecule has 0 spiro atoms. The Bertz CT molecular complexity index is 268. The van der Waals surface area contributed by atoms with Crippen LogP contribution in [0.1, 0.15) is 0 Å². The van der Waals surface area contributed by atoms with E-state index in [1.54, 1.807) is 34.9 Å². The van der Waals surface area contributed by atoms with Crippen LogP contribution in [0.25, 0.3) is 0 Å². The summed E-state index contributed by atoms with van der Waals surface area (Å²) in [6, 6.07) is 0. The van der Waals surface area contributed by atoms with Crippen molar-refractivity contribution in [2.24, 2.45) is 0 Å². The maximum Gasteiger partial charge on any atom is 0.175 e. The SMILES string of the molecule is CNCC(O)CSc1nnc(SC)s1. The Labute approximate surface area is 95.9 Å². The lowest BCUT2D eigenvalue weighted by molar-refractivity contribution is 0.199. The molecular weight excluding hydrogens is 238 g/mol. The van der Waals surface area contributed by atoms with Crippen LogP contribution < -0.4 is 5.32 Å². The molecule has 1 aromatic heterocycles. The number of nitrogens with one attached hydrogen (secondary N) is 1. The highest BCUT2D eigenvalue weighted by molar-refractivity contribution is 8.02. The van der Waals surface area contributed by atoms with Crippen LogP contribution in [-0.2, 0) is 0 Å². The highest BCUT2D eigenvalue weighted by Crippen LogP contribution is 2.27. The number of thioether (sulfide) groups is 2. The summed E-state index contributed by atoms with van der Waals surface area (Å²) in [4.78, 5) is 0. The Hall–Kier alpha value is 0.180. The van der Waals surface area contributed by atoms with Gasteiger partial charge in [0.2, 0.25) is 0 Å². The molecule has 0 saturated heterocycles. The number of hydrogen-bond donors (Lipinski definition) is 2. The molecule has 0 aromatic carbocycles. The summed E-state index contributed by atoms with van der Waals surface area (Å²) < 4.78 is 1.89. The fourth-order valence-corrected chi connectivity index (χ4v) is 3.19. The third-order valence-electron chi connectivity index (χ3n) is 1.40. The lowest BCUT2D eigenvalue weighted by Gasteiger charge is -2.06. The Morgan fingerprint density at radius 2 is 2.21 bits per heavy atom. The highest BCUT2D eigenvalue weighted by atomic mass is 32.2. The van der Waals surface area contributed by atoms with Crippen LogP contribution in [0.4, 0.5) is 0 Å². The van der Waals surface area contributed by atoms with Gasteiger partial charge in [-0.05, 0) is 13.3 Å². The average molecular weight is 251 g/mol. The molecule has 80 valence electrons. The van der Waals surface area contributed by atoms with E-state index in [4.69, 9.17) is 0 Å². The largest absolute Gasteiger partial charge is 0.391 e. The van der Waals surface area contributed by atoms with Crippen molar-refractivity contribution in [3.8, 4) is 0 Å². The molecular formula is C7H13N3OS3. The number of rotatable bonds is 6. The molecule has 14 heavy (non-hydrogen) atoms. The third kappa shape index (κ3) is 4.14. The molecule has 1 unspecified atom stereocenters. The normalized spacial score (nSPS) is 13.1. The minimum atomic E-state index is -0.327. The van der Waals surface area contributed by atoms with Gasteiger partial charge in [0.15, 0.2) is 8.68 Å². The van der Waals surface area contributed by atoms with Crippen molar-refractivity contribution in [2.75, 3.05) is 25.6 Å². The lowest BCUT2D eigenvalue weighted by atomic mass is 10.4. The van der Waals surface area contributed by atoms with Crippen LogP contribution in [0.2, 0.25) is 0 Å². The lowest BCUT2D eigenvalue weighted by Crippen LogP contribution is -2.25. The number of aromatic nitrogens is 2. The molecule has 0 aliphatic carbocycles. The first-order chi connectivity index (χ1) is 6.76. The van der Waals surface area contributed by atoms with Crippen LogP contribution >= 0.6 is 34.9 Å². The number of aliphatic hydroxyl groups is 1. The first kappa shape index (κ1) is 12.3. The van der Waals surface area contributed by atoms with Crippen molar-refractivity contribution in [3.63, 3.8) is 0 Å². The molecule has 7 heteroatoms. The maximum absolute atomic E-state index is 9.44. The summed E-state index contributed by atoms with van der Waals surface area (Å²) in [6.07, 6.45) is 1.65. The van der Waals surface area contributed by atoms with Gasteiger partial charge in [0.1, 0.15) is 0 Å². The second kappa shape index (κ2) is 6.62. The molecule has 0 aliphatic rings. The molecule has 1 heterocycles. The minimum absolute atomic E-state index is 0.327. The topological polar surface area (TPSA) is 58.0 Å². The summed E-state index contributed by atoms with van der Waals surface area (Å²) in [5.74, 6) is 0.657. The van der Waals surface area contributed by atoms with Crippen molar-refractivity contribution in [2.45, 2.75) is 14.8 Å². The molecule has 0 radical (unpaired) electrons. The van der Waals surface area contributed by atoms with Gasteiger partial charge >= 0.3 is 0 Å². The number of nitrogens with zero attached hydrogens (tertiary/aromatic N) is 2. The van der Waals surface area contributed by atoms with Crippen LogP contribution in [0.15, 0.2) is 8.68 Å². The number of aliphatic hydroxyl groups excluding tert-OH is 1. The van der Waals surface area contributed by atoms with Gasteiger partial charge in [-0.3, -0.25) is 0 Å². The third-order valence-corrected chi connectivity index (χ3v) is 4.58.